The number of aromatic carboxylic acids is 1. The Balaban J connectivity index is 2.68. The Morgan fingerprint density at radius 1 is 1.35 bits per heavy atom. The Morgan fingerprint density at radius 3 is 2.71 bits per heavy atom. The van der Waals surface area contributed by atoms with Crippen molar-refractivity contribution in [1.82, 2.24) is 5.16 Å². The van der Waals surface area contributed by atoms with E-state index in [0.717, 1.165) is 12.3 Å². The standard InChI is InChI=1S/C10H5F2NO4/c11-4-1-5(8(14)7(12)2-4)9-6(10(15)16)3-13-17-9/h1-3,14H,(H,15,16). The van der Waals surface area contributed by atoms with Crippen molar-refractivity contribution in [1.29, 1.82) is 0 Å². The van der Waals surface area contributed by atoms with Crippen LogP contribution in [0.3, 0.4) is 0 Å². The summed E-state index contributed by atoms with van der Waals surface area (Å²) in [6.07, 6.45) is 0.875. The Morgan fingerprint density at radius 2 is 2.06 bits per heavy atom. The summed E-state index contributed by atoms with van der Waals surface area (Å²) < 4.78 is 30.6. The molecule has 1 heterocycles. The first-order chi connectivity index (χ1) is 8.00. The molecule has 0 aliphatic heterocycles. The van der Waals surface area contributed by atoms with Gasteiger partial charge in [-0.15, -0.1) is 0 Å². The molecule has 2 rings (SSSR count). The Hall–Kier alpha value is -2.44. The van der Waals surface area contributed by atoms with E-state index >= 15 is 0 Å². The maximum atomic E-state index is 13.1. The van der Waals surface area contributed by atoms with Crippen LogP contribution >= 0.6 is 0 Å². The number of aromatic nitrogens is 1. The summed E-state index contributed by atoms with van der Waals surface area (Å²) in [6.45, 7) is 0. The smallest absolute Gasteiger partial charge is 0.341 e. The molecule has 5 nitrogen and oxygen atoms in total. The molecule has 1 aromatic carbocycles. The number of carboxylic acids is 1. The first-order valence-electron chi connectivity index (χ1n) is 4.37. The van der Waals surface area contributed by atoms with E-state index < -0.39 is 40.2 Å². The van der Waals surface area contributed by atoms with Crippen LogP contribution in [0.5, 0.6) is 5.75 Å². The highest BCUT2D eigenvalue weighted by atomic mass is 19.1. The number of phenols is 1. The van der Waals surface area contributed by atoms with Crippen molar-refractivity contribution in [3.63, 3.8) is 0 Å². The van der Waals surface area contributed by atoms with Crippen LogP contribution in [-0.4, -0.2) is 21.3 Å². The molecule has 1 aromatic heterocycles. The fourth-order valence-corrected chi connectivity index (χ4v) is 1.33. The lowest BCUT2D eigenvalue weighted by Gasteiger charge is -2.03. The zero-order valence-electron chi connectivity index (χ0n) is 8.15. The number of carbonyl (C=O) groups is 1. The van der Waals surface area contributed by atoms with Crippen LogP contribution in [0.2, 0.25) is 0 Å². The van der Waals surface area contributed by atoms with Gasteiger partial charge >= 0.3 is 5.97 Å². The lowest BCUT2D eigenvalue weighted by molar-refractivity contribution is 0.0697. The number of carboxylic acid groups (broad SMARTS) is 1. The van der Waals surface area contributed by atoms with E-state index in [0.29, 0.717) is 6.07 Å². The second-order valence-electron chi connectivity index (χ2n) is 3.16. The van der Waals surface area contributed by atoms with E-state index in [1.807, 2.05) is 0 Å². The summed E-state index contributed by atoms with van der Waals surface area (Å²) in [7, 11) is 0. The van der Waals surface area contributed by atoms with Gasteiger partial charge in [-0.3, -0.25) is 0 Å². The van der Waals surface area contributed by atoms with Crippen molar-refractivity contribution in [2.45, 2.75) is 0 Å². The summed E-state index contributed by atoms with van der Waals surface area (Å²) >= 11 is 0. The van der Waals surface area contributed by atoms with Crippen LogP contribution in [-0.2, 0) is 0 Å². The molecule has 88 valence electrons. The van der Waals surface area contributed by atoms with Gasteiger partial charge in [0.05, 0.1) is 11.8 Å². The number of halogens is 2. The van der Waals surface area contributed by atoms with E-state index in [1.54, 1.807) is 0 Å². The highest BCUT2D eigenvalue weighted by molar-refractivity contribution is 5.94. The highest BCUT2D eigenvalue weighted by Crippen LogP contribution is 2.34. The number of benzene rings is 1. The zero-order valence-corrected chi connectivity index (χ0v) is 8.15. The molecular weight excluding hydrogens is 236 g/mol. The molecule has 0 aliphatic rings. The van der Waals surface area contributed by atoms with Gasteiger partial charge in [0.25, 0.3) is 0 Å². The van der Waals surface area contributed by atoms with Gasteiger partial charge in [-0.2, -0.15) is 0 Å². The maximum absolute atomic E-state index is 13.1. The quantitative estimate of drug-likeness (QED) is 0.840. The van der Waals surface area contributed by atoms with E-state index in [1.165, 1.54) is 0 Å². The molecule has 0 saturated carbocycles. The van der Waals surface area contributed by atoms with Crippen LogP contribution < -0.4 is 0 Å². The lowest BCUT2D eigenvalue weighted by atomic mass is 10.1. The van der Waals surface area contributed by atoms with Gasteiger partial charge in [0.1, 0.15) is 11.4 Å². The average molecular weight is 241 g/mol. The minimum Gasteiger partial charge on any atom is -0.504 e. The summed E-state index contributed by atoms with van der Waals surface area (Å²) in [5.74, 6) is -4.87. The SMILES string of the molecule is O=C(O)c1cnoc1-c1cc(F)cc(F)c1O. The molecule has 2 aromatic rings. The topological polar surface area (TPSA) is 83.6 Å². The molecule has 0 saturated heterocycles. The normalized spacial score (nSPS) is 10.5. The van der Waals surface area contributed by atoms with Gasteiger partial charge in [0, 0.05) is 6.07 Å². The fraction of sp³-hybridized carbons (Fsp3) is 0. The van der Waals surface area contributed by atoms with Crippen molar-refractivity contribution >= 4 is 5.97 Å². The predicted octanol–water partition coefficient (Wildman–Crippen LogP) is 2.02. The Labute approximate surface area is 92.9 Å². The molecule has 2 N–H and O–H groups in total. The molecule has 0 atom stereocenters. The lowest BCUT2D eigenvalue weighted by Crippen LogP contribution is -1.97. The van der Waals surface area contributed by atoms with Crippen LogP contribution in [0, 0.1) is 11.6 Å². The minimum atomic E-state index is -1.38. The first kappa shape index (κ1) is 11.1. The number of hydrogen-bond acceptors (Lipinski definition) is 4. The van der Waals surface area contributed by atoms with Crippen molar-refractivity contribution in [3.05, 3.63) is 35.5 Å². The molecule has 0 spiro atoms. The molecule has 0 unspecified atom stereocenters. The molecule has 0 fully saturated rings. The molecule has 17 heavy (non-hydrogen) atoms. The second kappa shape index (κ2) is 3.85. The summed E-state index contributed by atoms with van der Waals surface area (Å²) in [5.41, 5.74) is -0.803. The first-order valence-corrected chi connectivity index (χ1v) is 4.37. The van der Waals surface area contributed by atoms with E-state index in [-0.39, 0.29) is 0 Å². The third kappa shape index (κ3) is 1.82. The van der Waals surface area contributed by atoms with E-state index in [4.69, 9.17) is 5.11 Å². The maximum Gasteiger partial charge on any atom is 0.341 e. The van der Waals surface area contributed by atoms with Crippen molar-refractivity contribution < 1.29 is 28.3 Å². The van der Waals surface area contributed by atoms with Crippen LogP contribution in [0.15, 0.2) is 22.9 Å². The second-order valence-corrected chi connectivity index (χ2v) is 3.16. The van der Waals surface area contributed by atoms with Crippen LogP contribution in [0.4, 0.5) is 8.78 Å². The molecule has 0 radical (unpaired) electrons. The Bertz CT molecular complexity index is 594. The van der Waals surface area contributed by atoms with Gasteiger partial charge in [0.15, 0.2) is 17.3 Å². The number of hydrogen-bond donors (Lipinski definition) is 2. The fourth-order valence-electron chi connectivity index (χ4n) is 1.33. The van der Waals surface area contributed by atoms with Crippen LogP contribution in [0.1, 0.15) is 10.4 Å². The van der Waals surface area contributed by atoms with Crippen molar-refractivity contribution in [2.75, 3.05) is 0 Å². The zero-order chi connectivity index (χ0) is 12.6. The number of phenolic OH excluding ortho intramolecular Hbond substituents is 1. The number of nitrogens with zero attached hydrogens (tertiary/aromatic N) is 1. The molecule has 0 amide bonds. The van der Waals surface area contributed by atoms with E-state index in [9.17, 15) is 18.7 Å². The van der Waals surface area contributed by atoms with Gasteiger partial charge < -0.3 is 14.7 Å². The molecule has 0 aliphatic carbocycles. The van der Waals surface area contributed by atoms with Gasteiger partial charge in [0.2, 0.25) is 0 Å². The van der Waals surface area contributed by atoms with Gasteiger partial charge in [-0.1, -0.05) is 5.16 Å². The molecule has 7 heteroatoms. The predicted molar refractivity (Wildman–Crippen MR) is 50.5 cm³/mol. The number of rotatable bonds is 2. The third-order valence-corrected chi connectivity index (χ3v) is 2.07. The Kier molecular flexibility index (Phi) is 2.51. The average Bonchev–Trinajstić information content (AvgIpc) is 2.72. The minimum absolute atomic E-state index is 0.398. The van der Waals surface area contributed by atoms with Crippen LogP contribution in [0.25, 0.3) is 11.3 Å². The monoisotopic (exact) mass is 241 g/mol. The molecular formula is C10H5F2NO4. The highest BCUT2D eigenvalue weighted by Gasteiger charge is 2.22. The summed E-state index contributed by atoms with van der Waals surface area (Å²) in [4.78, 5) is 10.8. The van der Waals surface area contributed by atoms with Crippen molar-refractivity contribution in [3.8, 4) is 17.1 Å². The van der Waals surface area contributed by atoms with E-state index in [2.05, 4.69) is 9.68 Å². The summed E-state index contributed by atoms with van der Waals surface area (Å²) in [5, 5.41) is 21.4. The summed E-state index contributed by atoms with van der Waals surface area (Å²) in [6, 6.07) is 1.22. The van der Waals surface area contributed by atoms with Crippen molar-refractivity contribution in [2.24, 2.45) is 0 Å². The van der Waals surface area contributed by atoms with Gasteiger partial charge in [-0.25, -0.2) is 13.6 Å². The number of aromatic hydroxyl groups is 1. The largest absolute Gasteiger partial charge is 0.504 e. The van der Waals surface area contributed by atoms with Gasteiger partial charge in [-0.05, 0) is 6.07 Å². The molecule has 0 bridgehead atoms. The third-order valence-electron chi connectivity index (χ3n) is 2.07.